The van der Waals surface area contributed by atoms with E-state index in [1.54, 1.807) is 30.3 Å². The fourth-order valence-corrected chi connectivity index (χ4v) is 3.99. The van der Waals surface area contributed by atoms with Crippen molar-refractivity contribution in [2.75, 3.05) is 15.8 Å². The fraction of sp³-hybridized carbons (Fsp3) is 0.235. The number of halogens is 2. The van der Waals surface area contributed by atoms with Crippen LogP contribution in [-0.2, 0) is 10.0 Å². The fourth-order valence-electron chi connectivity index (χ4n) is 2.08. The van der Waals surface area contributed by atoms with Gasteiger partial charge in [-0.25, -0.2) is 8.42 Å². The number of hydrogen-bond acceptors (Lipinski definition) is 3. The summed E-state index contributed by atoms with van der Waals surface area (Å²) in [5, 5.41) is 2.77. The van der Waals surface area contributed by atoms with Crippen LogP contribution in [0.5, 0.6) is 0 Å². The van der Waals surface area contributed by atoms with Gasteiger partial charge in [0, 0.05) is 14.6 Å². The lowest BCUT2D eigenvalue weighted by Gasteiger charge is -2.13. The minimum absolute atomic E-state index is 0.0212. The number of nitrogens with one attached hydrogen (secondary N) is 2. The van der Waals surface area contributed by atoms with Crippen LogP contribution in [0.25, 0.3) is 0 Å². The smallest absolute Gasteiger partial charge is 0.257 e. The van der Waals surface area contributed by atoms with E-state index in [-0.39, 0.29) is 17.0 Å². The number of carbonyl (C=O) groups is 1. The summed E-state index contributed by atoms with van der Waals surface area (Å²) in [6.45, 7) is 1.92. The normalized spacial score (nSPS) is 11.2. The molecule has 0 saturated heterocycles. The largest absolute Gasteiger partial charge is 0.322 e. The zero-order valence-electron chi connectivity index (χ0n) is 13.6. The SMILES string of the molecule is CCCCS(=O)(=O)Nc1ccc(Br)cc1C(=O)Nc1ccc(Br)cc1. The van der Waals surface area contributed by atoms with Gasteiger partial charge in [-0.1, -0.05) is 45.2 Å². The number of unbranched alkanes of at least 4 members (excludes halogenated alkanes) is 1. The molecule has 2 N–H and O–H groups in total. The molecule has 0 radical (unpaired) electrons. The Hall–Kier alpha value is -1.38. The Balaban J connectivity index is 2.25. The highest BCUT2D eigenvalue weighted by Crippen LogP contribution is 2.24. The van der Waals surface area contributed by atoms with Crippen molar-refractivity contribution >= 4 is 59.2 Å². The van der Waals surface area contributed by atoms with Crippen molar-refractivity contribution in [3.05, 3.63) is 57.0 Å². The van der Waals surface area contributed by atoms with Crippen molar-refractivity contribution < 1.29 is 13.2 Å². The summed E-state index contributed by atoms with van der Waals surface area (Å²) in [7, 11) is -3.50. The molecule has 8 heteroatoms. The summed E-state index contributed by atoms with van der Waals surface area (Å²) < 4.78 is 28.4. The van der Waals surface area contributed by atoms with Gasteiger partial charge < -0.3 is 5.32 Å². The van der Waals surface area contributed by atoms with E-state index in [1.165, 1.54) is 0 Å². The van der Waals surface area contributed by atoms with Gasteiger partial charge in [0.1, 0.15) is 0 Å². The Bertz CT molecular complexity index is 853. The second-order valence-electron chi connectivity index (χ2n) is 5.43. The predicted octanol–water partition coefficient (Wildman–Crippen LogP) is 5.01. The Morgan fingerprint density at radius 1 is 1.04 bits per heavy atom. The van der Waals surface area contributed by atoms with Crippen LogP contribution in [-0.4, -0.2) is 20.1 Å². The van der Waals surface area contributed by atoms with E-state index < -0.39 is 15.9 Å². The van der Waals surface area contributed by atoms with Gasteiger partial charge in [0.25, 0.3) is 5.91 Å². The molecular weight excluding hydrogens is 472 g/mol. The van der Waals surface area contributed by atoms with Crippen LogP contribution >= 0.6 is 31.9 Å². The molecule has 0 saturated carbocycles. The first-order chi connectivity index (χ1) is 11.8. The summed E-state index contributed by atoms with van der Waals surface area (Å²) in [5.41, 5.74) is 1.12. The van der Waals surface area contributed by atoms with Crippen molar-refractivity contribution in [3.8, 4) is 0 Å². The van der Waals surface area contributed by atoms with Crippen molar-refractivity contribution in [3.63, 3.8) is 0 Å². The zero-order valence-corrected chi connectivity index (χ0v) is 17.5. The topological polar surface area (TPSA) is 75.3 Å². The molecule has 2 aromatic carbocycles. The average Bonchev–Trinajstić information content (AvgIpc) is 2.56. The van der Waals surface area contributed by atoms with E-state index in [4.69, 9.17) is 0 Å². The van der Waals surface area contributed by atoms with E-state index in [2.05, 4.69) is 41.9 Å². The quantitative estimate of drug-likeness (QED) is 0.574. The maximum absolute atomic E-state index is 12.6. The lowest BCUT2D eigenvalue weighted by Crippen LogP contribution is -2.20. The van der Waals surface area contributed by atoms with E-state index >= 15 is 0 Å². The number of hydrogen-bond donors (Lipinski definition) is 2. The molecule has 1 amide bonds. The summed E-state index contributed by atoms with van der Waals surface area (Å²) in [6, 6.07) is 12.0. The molecule has 2 aromatic rings. The monoisotopic (exact) mass is 488 g/mol. The second-order valence-corrected chi connectivity index (χ2v) is 9.10. The molecule has 0 aliphatic carbocycles. The molecule has 0 spiro atoms. The summed E-state index contributed by atoms with van der Waals surface area (Å²) >= 11 is 6.65. The molecule has 5 nitrogen and oxygen atoms in total. The van der Waals surface area contributed by atoms with E-state index in [9.17, 15) is 13.2 Å². The standard InChI is InChI=1S/C17H18Br2N2O3S/c1-2-3-10-25(23,24)21-16-9-6-13(19)11-15(16)17(22)20-14-7-4-12(18)5-8-14/h4-9,11,21H,2-3,10H2,1H3,(H,20,22). The summed E-state index contributed by atoms with van der Waals surface area (Å²) in [5.74, 6) is -0.371. The lowest BCUT2D eigenvalue weighted by atomic mass is 10.1. The van der Waals surface area contributed by atoms with Crippen molar-refractivity contribution in [1.29, 1.82) is 0 Å². The van der Waals surface area contributed by atoms with E-state index in [0.717, 1.165) is 10.9 Å². The highest BCUT2D eigenvalue weighted by atomic mass is 79.9. The zero-order chi connectivity index (χ0) is 18.4. The van der Waals surface area contributed by atoms with Crippen LogP contribution in [0.1, 0.15) is 30.1 Å². The highest BCUT2D eigenvalue weighted by molar-refractivity contribution is 9.10. The van der Waals surface area contributed by atoms with Gasteiger partial charge in [-0.15, -0.1) is 0 Å². The third-order valence-corrected chi connectivity index (χ3v) is 5.74. The molecular formula is C17H18Br2N2O3S. The molecule has 2 rings (SSSR count). The Morgan fingerprint density at radius 3 is 2.32 bits per heavy atom. The molecule has 0 aliphatic heterocycles. The minimum Gasteiger partial charge on any atom is -0.322 e. The van der Waals surface area contributed by atoms with Crippen LogP contribution in [0.15, 0.2) is 51.4 Å². The van der Waals surface area contributed by atoms with Gasteiger partial charge in [-0.2, -0.15) is 0 Å². The third kappa shape index (κ3) is 6.13. The number of sulfonamides is 1. The molecule has 134 valence electrons. The van der Waals surface area contributed by atoms with Gasteiger partial charge in [-0.05, 0) is 48.9 Å². The van der Waals surface area contributed by atoms with Gasteiger partial charge in [0.15, 0.2) is 0 Å². The van der Waals surface area contributed by atoms with Crippen LogP contribution in [0.2, 0.25) is 0 Å². The number of benzene rings is 2. The molecule has 0 unspecified atom stereocenters. The maximum atomic E-state index is 12.6. The van der Waals surface area contributed by atoms with Gasteiger partial charge in [-0.3, -0.25) is 9.52 Å². The molecule has 0 aliphatic rings. The Labute approximate surface area is 164 Å². The van der Waals surface area contributed by atoms with Crippen molar-refractivity contribution in [2.24, 2.45) is 0 Å². The van der Waals surface area contributed by atoms with Crippen LogP contribution in [0.4, 0.5) is 11.4 Å². The molecule has 0 fully saturated rings. The molecule has 0 bridgehead atoms. The number of anilines is 2. The minimum atomic E-state index is -3.50. The van der Waals surface area contributed by atoms with E-state index in [1.807, 2.05) is 19.1 Å². The second kappa shape index (κ2) is 8.82. The number of rotatable bonds is 7. The lowest BCUT2D eigenvalue weighted by molar-refractivity contribution is 0.102. The maximum Gasteiger partial charge on any atom is 0.257 e. The Morgan fingerprint density at radius 2 is 1.68 bits per heavy atom. The van der Waals surface area contributed by atoms with Crippen molar-refractivity contribution in [2.45, 2.75) is 19.8 Å². The van der Waals surface area contributed by atoms with Crippen LogP contribution in [0, 0.1) is 0 Å². The van der Waals surface area contributed by atoms with Gasteiger partial charge in [0.2, 0.25) is 10.0 Å². The molecule has 0 heterocycles. The number of carbonyl (C=O) groups excluding carboxylic acids is 1. The van der Waals surface area contributed by atoms with Crippen LogP contribution < -0.4 is 10.0 Å². The van der Waals surface area contributed by atoms with E-state index in [0.29, 0.717) is 16.6 Å². The third-order valence-electron chi connectivity index (χ3n) is 3.36. The van der Waals surface area contributed by atoms with Crippen LogP contribution in [0.3, 0.4) is 0 Å². The summed E-state index contributed by atoms with van der Waals surface area (Å²) in [6.07, 6.45) is 1.34. The van der Waals surface area contributed by atoms with Gasteiger partial charge >= 0.3 is 0 Å². The van der Waals surface area contributed by atoms with Gasteiger partial charge in [0.05, 0.1) is 17.0 Å². The highest BCUT2D eigenvalue weighted by Gasteiger charge is 2.17. The average molecular weight is 490 g/mol. The predicted molar refractivity (Wildman–Crippen MR) is 109 cm³/mol. The first-order valence-electron chi connectivity index (χ1n) is 7.67. The molecule has 0 atom stereocenters. The molecule has 25 heavy (non-hydrogen) atoms. The first kappa shape index (κ1) is 19.9. The van der Waals surface area contributed by atoms with Crippen molar-refractivity contribution in [1.82, 2.24) is 0 Å². The first-order valence-corrected chi connectivity index (χ1v) is 10.9. The summed E-state index contributed by atoms with van der Waals surface area (Å²) in [4.78, 5) is 12.6. The molecule has 0 aromatic heterocycles. The Kier molecular flexibility index (Phi) is 7.04. The number of amides is 1.